The molecular formula is C6H7ClF3N3. The van der Waals surface area contributed by atoms with Crippen molar-refractivity contribution in [3.63, 3.8) is 0 Å². The molecule has 1 rings (SSSR count). The van der Waals surface area contributed by atoms with Crippen molar-refractivity contribution in [1.29, 1.82) is 0 Å². The maximum atomic E-state index is 11.7. The number of hydrogen-bond acceptors (Lipinski definition) is 2. The van der Waals surface area contributed by atoms with Crippen molar-refractivity contribution in [2.24, 2.45) is 0 Å². The molecule has 0 aliphatic carbocycles. The van der Waals surface area contributed by atoms with Crippen LogP contribution in [0.25, 0.3) is 0 Å². The first kappa shape index (κ1) is 10.3. The summed E-state index contributed by atoms with van der Waals surface area (Å²) in [5.41, 5.74) is 0. The lowest BCUT2D eigenvalue weighted by atomic mass is 10.3. The molecule has 1 N–H and O–H groups in total. The highest BCUT2D eigenvalue weighted by Crippen LogP contribution is 2.20. The highest BCUT2D eigenvalue weighted by atomic mass is 35.5. The zero-order valence-corrected chi connectivity index (χ0v) is 7.28. The number of hydrogen-bond donors (Lipinski definition) is 1. The van der Waals surface area contributed by atoms with E-state index in [9.17, 15) is 13.2 Å². The Balaban J connectivity index is 2.46. The smallest absolute Gasteiger partial charge is 0.262 e. The highest BCUT2D eigenvalue weighted by molar-refractivity contribution is 6.16. The van der Waals surface area contributed by atoms with Crippen molar-refractivity contribution in [3.05, 3.63) is 11.6 Å². The van der Waals surface area contributed by atoms with Crippen molar-refractivity contribution < 1.29 is 13.2 Å². The number of rotatable bonds is 3. The average Bonchev–Trinajstić information content (AvgIpc) is 2.47. The molecule has 0 bridgehead atoms. The van der Waals surface area contributed by atoms with E-state index in [1.54, 1.807) is 0 Å². The second-order valence-corrected chi connectivity index (χ2v) is 2.71. The second-order valence-electron chi connectivity index (χ2n) is 2.45. The Hall–Kier alpha value is -0.780. The van der Waals surface area contributed by atoms with Crippen LogP contribution in [0.4, 0.5) is 13.2 Å². The van der Waals surface area contributed by atoms with Crippen LogP contribution in [0.2, 0.25) is 0 Å². The van der Waals surface area contributed by atoms with Crippen molar-refractivity contribution in [1.82, 2.24) is 15.2 Å². The molecule has 0 fully saturated rings. The Morgan fingerprint density at radius 1 is 1.38 bits per heavy atom. The van der Waals surface area contributed by atoms with Gasteiger partial charge in [-0.15, -0.1) is 11.6 Å². The lowest BCUT2D eigenvalue weighted by molar-refractivity contribution is -0.134. The maximum absolute atomic E-state index is 11.7. The Morgan fingerprint density at radius 2 is 2.08 bits per heavy atom. The molecule has 0 spiro atoms. The van der Waals surface area contributed by atoms with Gasteiger partial charge in [-0.25, -0.2) is 4.98 Å². The number of aryl methyl sites for hydroxylation is 1. The maximum Gasteiger partial charge on any atom is 0.389 e. The number of H-pyrrole nitrogens is 1. The summed E-state index contributed by atoms with van der Waals surface area (Å²) >= 11 is 5.37. The van der Waals surface area contributed by atoms with Crippen molar-refractivity contribution >= 4 is 11.6 Å². The van der Waals surface area contributed by atoms with Crippen LogP contribution in [0.15, 0.2) is 0 Å². The van der Waals surface area contributed by atoms with Gasteiger partial charge in [-0.3, -0.25) is 5.10 Å². The van der Waals surface area contributed by atoms with Crippen molar-refractivity contribution in [3.8, 4) is 0 Å². The summed E-state index contributed by atoms with van der Waals surface area (Å²) in [6.07, 6.45) is -5.29. The third kappa shape index (κ3) is 3.63. The first-order valence-corrected chi connectivity index (χ1v) is 4.07. The highest BCUT2D eigenvalue weighted by Gasteiger charge is 2.27. The lowest BCUT2D eigenvalue weighted by Crippen LogP contribution is -2.09. The largest absolute Gasteiger partial charge is 0.389 e. The SMILES string of the molecule is FC(F)(F)CCc1n[nH]c(CCl)n1. The van der Waals surface area contributed by atoms with Gasteiger partial charge in [-0.2, -0.15) is 18.3 Å². The van der Waals surface area contributed by atoms with Gasteiger partial charge < -0.3 is 0 Å². The molecule has 0 aromatic carbocycles. The second kappa shape index (κ2) is 3.95. The predicted molar refractivity (Wildman–Crippen MR) is 40.3 cm³/mol. The van der Waals surface area contributed by atoms with Crippen LogP contribution in [0, 0.1) is 0 Å². The Labute approximate surface area is 77.3 Å². The summed E-state index contributed by atoms with van der Waals surface area (Å²) in [6, 6.07) is 0. The zero-order chi connectivity index (χ0) is 9.90. The third-order valence-electron chi connectivity index (χ3n) is 1.34. The third-order valence-corrected chi connectivity index (χ3v) is 1.59. The molecule has 0 saturated carbocycles. The van der Waals surface area contributed by atoms with Crippen LogP contribution in [0.5, 0.6) is 0 Å². The van der Waals surface area contributed by atoms with E-state index in [1.807, 2.05) is 0 Å². The minimum absolute atomic E-state index is 0.124. The number of aromatic amines is 1. The first-order chi connectivity index (χ1) is 6.01. The van der Waals surface area contributed by atoms with Crippen LogP contribution < -0.4 is 0 Å². The summed E-state index contributed by atoms with van der Waals surface area (Å²) in [5.74, 6) is 0.658. The number of nitrogens with zero attached hydrogens (tertiary/aromatic N) is 2. The zero-order valence-electron chi connectivity index (χ0n) is 6.53. The fraction of sp³-hybridized carbons (Fsp3) is 0.667. The monoisotopic (exact) mass is 213 g/mol. The van der Waals surface area contributed by atoms with E-state index in [0.29, 0.717) is 5.82 Å². The van der Waals surface area contributed by atoms with E-state index >= 15 is 0 Å². The minimum atomic E-state index is -4.16. The minimum Gasteiger partial charge on any atom is -0.262 e. The predicted octanol–water partition coefficient (Wildman–Crippen LogP) is 2.04. The van der Waals surface area contributed by atoms with Gasteiger partial charge in [0.15, 0.2) is 5.82 Å². The molecule has 1 aromatic rings. The number of halogens is 4. The normalized spacial score (nSPS) is 12.0. The fourth-order valence-electron chi connectivity index (χ4n) is 0.760. The van der Waals surface area contributed by atoms with Gasteiger partial charge in [-0.05, 0) is 0 Å². The van der Waals surface area contributed by atoms with Crippen molar-refractivity contribution in [2.75, 3.05) is 0 Å². The molecule has 0 saturated heterocycles. The van der Waals surface area contributed by atoms with E-state index in [0.717, 1.165) is 0 Å². The Morgan fingerprint density at radius 3 is 2.54 bits per heavy atom. The molecule has 0 aliphatic rings. The van der Waals surface area contributed by atoms with Crippen molar-refractivity contribution in [2.45, 2.75) is 24.9 Å². The lowest BCUT2D eigenvalue weighted by Gasteiger charge is -2.02. The standard InChI is InChI=1S/C6H7ClF3N3/c7-3-5-11-4(12-13-5)1-2-6(8,9)10/h1-3H2,(H,11,12,13). The summed E-state index contributed by atoms with van der Waals surface area (Å²) in [4.78, 5) is 3.73. The first-order valence-electron chi connectivity index (χ1n) is 3.54. The molecule has 0 radical (unpaired) electrons. The molecule has 1 aromatic heterocycles. The van der Waals surface area contributed by atoms with E-state index < -0.39 is 12.6 Å². The van der Waals surface area contributed by atoms with Gasteiger partial charge in [0.1, 0.15) is 5.82 Å². The van der Waals surface area contributed by atoms with Crippen LogP contribution in [0.1, 0.15) is 18.1 Å². The quantitative estimate of drug-likeness (QED) is 0.781. The van der Waals surface area contributed by atoms with Gasteiger partial charge in [-0.1, -0.05) is 0 Å². The van der Waals surface area contributed by atoms with E-state index in [2.05, 4.69) is 15.2 Å². The summed E-state index contributed by atoms with van der Waals surface area (Å²) < 4.78 is 35.2. The van der Waals surface area contributed by atoms with E-state index in [-0.39, 0.29) is 18.1 Å². The van der Waals surface area contributed by atoms with Gasteiger partial charge in [0, 0.05) is 6.42 Å². The topological polar surface area (TPSA) is 41.6 Å². The number of alkyl halides is 4. The van der Waals surface area contributed by atoms with Gasteiger partial charge in [0.2, 0.25) is 0 Å². The van der Waals surface area contributed by atoms with Gasteiger partial charge >= 0.3 is 6.18 Å². The average molecular weight is 214 g/mol. The molecule has 0 atom stereocenters. The summed E-state index contributed by atoms with van der Waals surface area (Å²) in [6.45, 7) is 0. The fourth-order valence-corrected chi connectivity index (χ4v) is 0.879. The van der Waals surface area contributed by atoms with Crippen LogP contribution >= 0.6 is 11.6 Å². The molecule has 0 unspecified atom stereocenters. The molecule has 3 nitrogen and oxygen atoms in total. The summed E-state index contributed by atoms with van der Waals surface area (Å²) in [5, 5.41) is 6.00. The van der Waals surface area contributed by atoms with Crippen LogP contribution in [-0.4, -0.2) is 21.4 Å². The number of nitrogens with one attached hydrogen (secondary N) is 1. The van der Waals surface area contributed by atoms with Crippen LogP contribution in [0.3, 0.4) is 0 Å². The molecule has 74 valence electrons. The Bertz CT molecular complexity index is 270. The molecule has 7 heteroatoms. The molecule has 1 heterocycles. The van der Waals surface area contributed by atoms with E-state index in [4.69, 9.17) is 11.6 Å². The number of aromatic nitrogens is 3. The Kier molecular flexibility index (Phi) is 3.13. The van der Waals surface area contributed by atoms with Gasteiger partial charge in [0.25, 0.3) is 0 Å². The molecule has 0 aliphatic heterocycles. The molecule has 13 heavy (non-hydrogen) atoms. The molecular weight excluding hydrogens is 207 g/mol. The summed E-state index contributed by atoms with van der Waals surface area (Å²) in [7, 11) is 0. The van der Waals surface area contributed by atoms with Crippen LogP contribution in [-0.2, 0) is 12.3 Å². The van der Waals surface area contributed by atoms with Gasteiger partial charge in [0.05, 0.1) is 12.3 Å². The molecule has 0 amide bonds. The van der Waals surface area contributed by atoms with E-state index in [1.165, 1.54) is 0 Å².